The zero-order valence-corrected chi connectivity index (χ0v) is 10.6. The molecule has 0 spiro atoms. The van der Waals surface area contributed by atoms with Crippen molar-refractivity contribution in [2.45, 2.75) is 45.4 Å². The summed E-state index contributed by atoms with van der Waals surface area (Å²) in [5, 5.41) is 2.36. The average molecular weight is 227 g/mol. The fourth-order valence-electron chi connectivity index (χ4n) is 2.31. The van der Waals surface area contributed by atoms with E-state index in [9.17, 15) is 0 Å². The number of hydrogen-bond donors (Lipinski definition) is 0. The third-order valence-corrected chi connectivity index (χ3v) is 4.01. The van der Waals surface area contributed by atoms with Gasteiger partial charge in [0.05, 0.1) is 12.1 Å². The molecule has 1 atom stereocenters. The largest absolute Gasteiger partial charge is 0.281 e. The third-order valence-electron chi connectivity index (χ3n) is 3.30. The van der Waals surface area contributed by atoms with Crippen LogP contribution in [0.3, 0.4) is 0 Å². The Hall–Kier alpha value is -0.220. The van der Waals surface area contributed by atoms with Crippen molar-refractivity contribution in [2.24, 2.45) is 10.3 Å². The van der Waals surface area contributed by atoms with Crippen molar-refractivity contribution < 1.29 is 0 Å². The molecule has 86 valence electrons. The monoisotopic (exact) mass is 227 g/mol. The Morgan fingerprint density at radius 2 is 1.93 bits per heavy atom. The van der Waals surface area contributed by atoms with E-state index >= 15 is 0 Å². The van der Waals surface area contributed by atoms with Gasteiger partial charge in [0.1, 0.15) is 5.84 Å². The zero-order valence-electron chi connectivity index (χ0n) is 9.78. The SMILES string of the molecule is CC1CCCCCCCN2C1=NSN2C. The number of hydrogen-bond acceptors (Lipinski definition) is 4. The van der Waals surface area contributed by atoms with Gasteiger partial charge in [-0.1, -0.05) is 32.6 Å². The Morgan fingerprint density at radius 3 is 2.80 bits per heavy atom. The minimum atomic E-state index is 0.626. The first-order chi connectivity index (χ1) is 7.29. The van der Waals surface area contributed by atoms with Gasteiger partial charge in [-0.05, 0) is 12.8 Å². The van der Waals surface area contributed by atoms with Crippen LogP contribution in [-0.4, -0.2) is 28.9 Å². The molecule has 0 N–H and O–H groups in total. The predicted molar refractivity (Wildman–Crippen MR) is 66.4 cm³/mol. The molecule has 0 amide bonds. The standard InChI is InChI=1S/C11H21N3S/c1-10-8-6-4-3-5-7-9-14-11(10)12-15-13(14)2/h10H,3-9H2,1-2H3. The lowest BCUT2D eigenvalue weighted by Crippen LogP contribution is -2.40. The second kappa shape index (κ2) is 5.21. The van der Waals surface area contributed by atoms with E-state index in [1.807, 2.05) is 0 Å². The number of amidine groups is 1. The van der Waals surface area contributed by atoms with Crippen molar-refractivity contribution in [1.82, 2.24) is 9.42 Å². The lowest BCUT2D eigenvalue weighted by atomic mass is 9.99. The molecular formula is C11H21N3S. The molecule has 0 radical (unpaired) electrons. The molecule has 0 aromatic carbocycles. The highest BCUT2D eigenvalue weighted by Gasteiger charge is 2.27. The highest BCUT2D eigenvalue weighted by atomic mass is 32.2. The van der Waals surface area contributed by atoms with E-state index in [1.54, 1.807) is 12.1 Å². The van der Waals surface area contributed by atoms with E-state index in [2.05, 4.69) is 27.8 Å². The van der Waals surface area contributed by atoms with Crippen LogP contribution in [0, 0.1) is 5.92 Å². The molecule has 0 aromatic heterocycles. The van der Waals surface area contributed by atoms with Crippen LogP contribution >= 0.6 is 12.1 Å². The van der Waals surface area contributed by atoms with Gasteiger partial charge in [-0.25, -0.2) is 0 Å². The molecule has 0 aromatic rings. The summed E-state index contributed by atoms with van der Waals surface area (Å²) in [7, 11) is 2.11. The Kier molecular flexibility index (Phi) is 3.92. The van der Waals surface area contributed by atoms with Gasteiger partial charge in [0, 0.05) is 19.5 Å². The molecule has 2 aliphatic rings. The maximum Gasteiger partial charge on any atom is 0.132 e. The van der Waals surface area contributed by atoms with Gasteiger partial charge < -0.3 is 0 Å². The van der Waals surface area contributed by atoms with Gasteiger partial charge in [-0.2, -0.15) is 4.40 Å². The summed E-state index contributed by atoms with van der Waals surface area (Å²) in [5.74, 6) is 1.92. The highest BCUT2D eigenvalue weighted by molar-refractivity contribution is 7.96. The fourth-order valence-corrected chi connectivity index (χ4v) is 3.04. The second-order valence-corrected chi connectivity index (χ2v) is 5.45. The van der Waals surface area contributed by atoms with E-state index < -0.39 is 0 Å². The molecule has 2 heterocycles. The number of rotatable bonds is 0. The Morgan fingerprint density at radius 1 is 1.20 bits per heavy atom. The molecule has 1 fully saturated rings. The smallest absolute Gasteiger partial charge is 0.132 e. The molecule has 15 heavy (non-hydrogen) atoms. The van der Waals surface area contributed by atoms with E-state index in [0.717, 1.165) is 6.54 Å². The first-order valence-corrected chi connectivity index (χ1v) is 6.78. The average Bonchev–Trinajstić information content (AvgIpc) is 2.59. The third kappa shape index (κ3) is 2.67. The van der Waals surface area contributed by atoms with Crippen LogP contribution in [0.15, 0.2) is 4.40 Å². The van der Waals surface area contributed by atoms with Gasteiger partial charge in [0.25, 0.3) is 0 Å². The summed E-state index contributed by atoms with van der Waals surface area (Å²) in [6.45, 7) is 3.46. The molecule has 0 bridgehead atoms. The first kappa shape index (κ1) is 11.3. The maximum atomic E-state index is 4.58. The summed E-state index contributed by atoms with van der Waals surface area (Å²) in [6, 6.07) is 0. The quantitative estimate of drug-likeness (QED) is 0.593. The lowest BCUT2D eigenvalue weighted by Gasteiger charge is -2.29. The topological polar surface area (TPSA) is 18.8 Å². The van der Waals surface area contributed by atoms with Crippen molar-refractivity contribution in [3.8, 4) is 0 Å². The van der Waals surface area contributed by atoms with Crippen LogP contribution in [-0.2, 0) is 0 Å². The molecule has 2 aliphatic heterocycles. The number of nitrogens with zero attached hydrogens (tertiary/aromatic N) is 3. The molecule has 0 saturated carbocycles. The minimum Gasteiger partial charge on any atom is -0.281 e. The van der Waals surface area contributed by atoms with Gasteiger partial charge in [-0.15, -0.1) is 4.41 Å². The van der Waals surface area contributed by atoms with Crippen LogP contribution in [0.1, 0.15) is 45.4 Å². The fraction of sp³-hybridized carbons (Fsp3) is 0.909. The minimum absolute atomic E-state index is 0.626. The van der Waals surface area contributed by atoms with Crippen LogP contribution in [0.4, 0.5) is 0 Å². The van der Waals surface area contributed by atoms with Gasteiger partial charge >= 0.3 is 0 Å². The summed E-state index contributed by atoms with van der Waals surface area (Å²) in [5.41, 5.74) is 0. The van der Waals surface area contributed by atoms with Crippen molar-refractivity contribution in [1.29, 1.82) is 0 Å². The normalized spacial score (nSPS) is 29.9. The van der Waals surface area contributed by atoms with E-state index in [1.165, 1.54) is 44.4 Å². The van der Waals surface area contributed by atoms with Gasteiger partial charge in [-0.3, -0.25) is 5.01 Å². The lowest BCUT2D eigenvalue weighted by molar-refractivity contribution is 0.191. The summed E-state index contributed by atoms with van der Waals surface area (Å²) >= 11 is 1.59. The summed E-state index contributed by atoms with van der Waals surface area (Å²) in [6.07, 6.45) is 8.14. The van der Waals surface area contributed by atoms with E-state index in [0.29, 0.717) is 5.92 Å². The molecule has 1 saturated heterocycles. The number of fused-ring (bicyclic) bond motifs is 1. The van der Waals surface area contributed by atoms with Crippen molar-refractivity contribution in [3.63, 3.8) is 0 Å². The van der Waals surface area contributed by atoms with Crippen molar-refractivity contribution in [2.75, 3.05) is 13.6 Å². The molecule has 3 nitrogen and oxygen atoms in total. The van der Waals surface area contributed by atoms with Crippen LogP contribution < -0.4 is 0 Å². The van der Waals surface area contributed by atoms with Crippen LogP contribution in [0.25, 0.3) is 0 Å². The van der Waals surface area contributed by atoms with Crippen molar-refractivity contribution in [3.05, 3.63) is 0 Å². The Balaban J connectivity index is 2.03. The summed E-state index contributed by atoms with van der Waals surface area (Å²) < 4.78 is 6.75. The molecule has 1 unspecified atom stereocenters. The maximum absolute atomic E-state index is 4.58. The van der Waals surface area contributed by atoms with Crippen molar-refractivity contribution >= 4 is 18.0 Å². The number of hydrazine groups is 1. The van der Waals surface area contributed by atoms with E-state index in [4.69, 9.17) is 0 Å². The van der Waals surface area contributed by atoms with Crippen LogP contribution in [0.5, 0.6) is 0 Å². The van der Waals surface area contributed by atoms with Crippen LogP contribution in [0.2, 0.25) is 0 Å². The second-order valence-electron chi connectivity index (χ2n) is 4.58. The van der Waals surface area contributed by atoms with E-state index in [-0.39, 0.29) is 0 Å². The Labute approximate surface area is 97.2 Å². The zero-order chi connectivity index (χ0) is 10.7. The Bertz CT molecular complexity index is 242. The molecule has 2 rings (SSSR count). The molecular weight excluding hydrogens is 206 g/mol. The highest BCUT2D eigenvalue weighted by Crippen LogP contribution is 2.28. The van der Waals surface area contributed by atoms with Gasteiger partial charge in [0.15, 0.2) is 0 Å². The van der Waals surface area contributed by atoms with Gasteiger partial charge in [0.2, 0.25) is 0 Å². The molecule has 0 aliphatic carbocycles. The summed E-state index contributed by atoms with van der Waals surface area (Å²) in [4.78, 5) is 0. The predicted octanol–water partition coefficient (Wildman–Crippen LogP) is 3.10. The first-order valence-electron chi connectivity index (χ1n) is 6.05. The molecule has 4 heteroatoms.